The van der Waals surface area contributed by atoms with Gasteiger partial charge in [-0.05, 0) is 25.1 Å². The lowest BCUT2D eigenvalue weighted by molar-refractivity contribution is 0.344. The summed E-state index contributed by atoms with van der Waals surface area (Å²) in [6.45, 7) is 0.568. The summed E-state index contributed by atoms with van der Waals surface area (Å²) in [5.74, 6) is 0. The molecule has 0 N–H and O–H groups in total. The van der Waals surface area contributed by atoms with Gasteiger partial charge in [0.05, 0.1) is 6.61 Å². The molecule has 9 heavy (non-hydrogen) atoms. The Morgan fingerprint density at radius 1 is 1.78 bits per heavy atom. The number of alkyl halides is 1. The van der Waals surface area contributed by atoms with Crippen LogP contribution in [0.1, 0.15) is 13.8 Å². The Hall–Kier alpha value is 0.770. The van der Waals surface area contributed by atoms with Crippen molar-refractivity contribution in [1.82, 2.24) is 0 Å². The molecular formula is C4H9Cl2O2P. The van der Waals surface area contributed by atoms with E-state index in [1.54, 1.807) is 13.8 Å². The second-order valence-electron chi connectivity index (χ2n) is 1.51. The second-order valence-corrected chi connectivity index (χ2v) is 5.96. The van der Waals surface area contributed by atoms with Crippen molar-refractivity contribution in [3.05, 3.63) is 0 Å². The Labute approximate surface area is 64.7 Å². The molecule has 0 aromatic heterocycles. The van der Waals surface area contributed by atoms with Crippen LogP contribution in [0.5, 0.6) is 0 Å². The summed E-state index contributed by atoms with van der Waals surface area (Å²) >= 11 is 10.8. The van der Waals surface area contributed by atoms with E-state index >= 15 is 0 Å². The van der Waals surface area contributed by atoms with Gasteiger partial charge in [0, 0.05) is 0 Å². The van der Waals surface area contributed by atoms with Crippen LogP contribution in [-0.2, 0) is 9.09 Å². The maximum atomic E-state index is 10.9. The molecule has 0 rings (SSSR count). The number of hydrogen-bond donors (Lipinski definition) is 0. The zero-order valence-corrected chi connectivity index (χ0v) is 7.71. The van der Waals surface area contributed by atoms with E-state index in [4.69, 9.17) is 22.8 Å². The summed E-state index contributed by atoms with van der Waals surface area (Å²) in [6.07, 6.45) is 0. The molecule has 0 aliphatic heterocycles. The van der Waals surface area contributed by atoms with Crippen molar-refractivity contribution in [2.45, 2.75) is 19.0 Å². The quantitative estimate of drug-likeness (QED) is 0.506. The van der Waals surface area contributed by atoms with Gasteiger partial charge in [-0.25, -0.2) is 0 Å². The predicted molar refractivity (Wildman–Crippen MR) is 40.4 cm³/mol. The normalized spacial score (nSPS) is 20.9. The first kappa shape index (κ1) is 9.77. The van der Waals surface area contributed by atoms with Gasteiger partial charge >= 0.3 is 6.72 Å². The summed E-state index contributed by atoms with van der Waals surface area (Å²) in [6, 6.07) is 0. The lowest BCUT2D eigenvalue weighted by Crippen LogP contribution is -1.92. The average molecular weight is 191 g/mol. The molecule has 0 aliphatic carbocycles. The summed E-state index contributed by atoms with van der Waals surface area (Å²) in [5, 5.41) is -0.612. The Morgan fingerprint density at radius 2 is 2.22 bits per heavy atom. The van der Waals surface area contributed by atoms with Gasteiger partial charge in [0.2, 0.25) is 0 Å². The van der Waals surface area contributed by atoms with Crippen LogP contribution in [0.2, 0.25) is 0 Å². The summed E-state index contributed by atoms with van der Waals surface area (Å²) in [4.78, 5) is 0. The lowest BCUT2D eigenvalue weighted by atomic mass is 10.9. The minimum absolute atomic E-state index is 0.331. The van der Waals surface area contributed by atoms with Gasteiger partial charge in [0.15, 0.2) is 0 Å². The van der Waals surface area contributed by atoms with E-state index in [9.17, 15) is 4.57 Å². The van der Waals surface area contributed by atoms with E-state index in [-0.39, 0.29) is 0 Å². The van der Waals surface area contributed by atoms with E-state index in [2.05, 4.69) is 4.52 Å². The molecule has 0 fully saturated rings. The summed E-state index contributed by atoms with van der Waals surface area (Å²) in [7, 11) is 0. The van der Waals surface area contributed by atoms with Crippen LogP contribution < -0.4 is 0 Å². The summed E-state index contributed by atoms with van der Waals surface area (Å²) in [5.41, 5.74) is 0. The van der Waals surface area contributed by atoms with E-state index in [0.29, 0.717) is 6.61 Å². The Kier molecular flexibility index (Phi) is 4.15. The molecule has 2 atom stereocenters. The molecule has 0 radical (unpaired) electrons. The fraction of sp³-hybridized carbons (Fsp3) is 1.00. The molecule has 0 aromatic carbocycles. The van der Waals surface area contributed by atoms with Gasteiger partial charge in [-0.1, -0.05) is 0 Å². The first-order chi connectivity index (χ1) is 4.00. The molecular weight excluding hydrogens is 182 g/mol. The molecule has 0 saturated heterocycles. The number of halogens is 2. The second kappa shape index (κ2) is 3.82. The van der Waals surface area contributed by atoms with Crippen molar-refractivity contribution >= 4 is 29.6 Å². The first-order valence-electron chi connectivity index (χ1n) is 2.58. The molecule has 0 heterocycles. The molecule has 56 valence electrons. The molecule has 2 nitrogen and oxygen atoms in total. The van der Waals surface area contributed by atoms with Crippen molar-refractivity contribution < 1.29 is 9.09 Å². The van der Waals surface area contributed by atoms with Crippen LogP contribution in [0.25, 0.3) is 0 Å². The van der Waals surface area contributed by atoms with E-state index < -0.39 is 11.8 Å². The molecule has 2 unspecified atom stereocenters. The predicted octanol–water partition coefficient (Wildman–Crippen LogP) is 3.04. The third kappa shape index (κ3) is 3.47. The van der Waals surface area contributed by atoms with Crippen LogP contribution in [0.3, 0.4) is 0 Å². The van der Waals surface area contributed by atoms with Gasteiger partial charge < -0.3 is 4.52 Å². The van der Waals surface area contributed by atoms with Crippen LogP contribution in [-0.4, -0.2) is 11.7 Å². The Balaban J connectivity index is 3.87. The van der Waals surface area contributed by atoms with Crippen molar-refractivity contribution in [2.24, 2.45) is 0 Å². The zero-order valence-electron chi connectivity index (χ0n) is 5.30. The van der Waals surface area contributed by atoms with E-state index in [0.717, 1.165) is 0 Å². The summed E-state index contributed by atoms with van der Waals surface area (Å²) < 4.78 is 15.6. The smallest absolute Gasteiger partial charge is 0.307 e. The van der Waals surface area contributed by atoms with E-state index in [1.807, 2.05) is 0 Å². The lowest BCUT2D eigenvalue weighted by Gasteiger charge is -2.10. The van der Waals surface area contributed by atoms with Gasteiger partial charge in [0.25, 0.3) is 0 Å². The fourth-order valence-electron chi connectivity index (χ4n) is 0.279. The van der Waals surface area contributed by atoms with E-state index in [1.165, 1.54) is 0 Å². The van der Waals surface area contributed by atoms with Crippen molar-refractivity contribution in [3.8, 4) is 0 Å². The van der Waals surface area contributed by atoms with Crippen molar-refractivity contribution in [2.75, 3.05) is 6.61 Å². The van der Waals surface area contributed by atoms with Crippen molar-refractivity contribution in [3.63, 3.8) is 0 Å². The Morgan fingerprint density at radius 3 is 2.33 bits per heavy atom. The molecule has 0 aliphatic rings. The zero-order chi connectivity index (χ0) is 7.49. The maximum absolute atomic E-state index is 10.9. The standard InChI is InChI=1S/C4H9Cl2O2P/c1-3-8-9(6,7)4(2)5/h4H,3H2,1-2H3. The van der Waals surface area contributed by atoms with Crippen LogP contribution in [0, 0.1) is 0 Å². The van der Waals surface area contributed by atoms with Gasteiger partial charge in [-0.2, -0.15) is 0 Å². The highest BCUT2D eigenvalue weighted by atomic mass is 35.7. The van der Waals surface area contributed by atoms with Crippen LogP contribution in [0.15, 0.2) is 0 Å². The fourth-order valence-corrected chi connectivity index (χ4v) is 1.30. The first-order valence-corrected chi connectivity index (χ1v) is 5.62. The Bertz CT molecular complexity index is 126. The molecule has 0 spiro atoms. The van der Waals surface area contributed by atoms with Crippen molar-refractivity contribution in [1.29, 1.82) is 0 Å². The van der Waals surface area contributed by atoms with Crippen LogP contribution in [0.4, 0.5) is 0 Å². The molecule has 0 bridgehead atoms. The average Bonchev–Trinajstić information content (AvgIpc) is 1.65. The third-order valence-electron chi connectivity index (χ3n) is 0.730. The molecule has 0 amide bonds. The maximum Gasteiger partial charge on any atom is 0.307 e. The molecule has 0 aromatic rings. The highest BCUT2D eigenvalue weighted by Crippen LogP contribution is 2.58. The topological polar surface area (TPSA) is 26.3 Å². The highest BCUT2D eigenvalue weighted by Gasteiger charge is 2.25. The van der Waals surface area contributed by atoms with Gasteiger partial charge in [0.1, 0.15) is 5.12 Å². The highest BCUT2D eigenvalue weighted by molar-refractivity contribution is 7.86. The molecule has 5 heteroatoms. The van der Waals surface area contributed by atoms with Gasteiger partial charge in [-0.3, -0.25) is 4.57 Å². The minimum atomic E-state index is -3.03. The van der Waals surface area contributed by atoms with Crippen LogP contribution >= 0.6 is 29.6 Å². The number of hydrogen-bond acceptors (Lipinski definition) is 2. The molecule has 0 saturated carbocycles. The minimum Gasteiger partial charge on any atom is -0.317 e. The monoisotopic (exact) mass is 190 g/mol. The largest absolute Gasteiger partial charge is 0.317 e. The van der Waals surface area contributed by atoms with Gasteiger partial charge in [-0.15, -0.1) is 11.6 Å². The third-order valence-corrected chi connectivity index (χ3v) is 4.43. The SMILES string of the molecule is CCOP(=O)(Cl)C(C)Cl. The number of rotatable bonds is 3.